The summed E-state index contributed by atoms with van der Waals surface area (Å²) in [6.07, 6.45) is 3.20. The van der Waals surface area contributed by atoms with Crippen LogP contribution in [0.25, 0.3) is 0 Å². The number of hydrogen-bond acceptors (Lipinski definition) is 3. The van der Waals surface area contributed by atoms with Crippen LogP contribution in [0.3, 0.4) is 0 Å². The van der Waals surface area contributed by atoms with Gasteiger partial charge in [0.25, 0.3) is 0 Å². The first kappa shape index (κ1) is 12.7. The minimum absolute atomic E-state index is 0.150. The summed E-state index contributed by atoms with van der Waals surface area (Å²) in [4.78, 5) is 14.0. The molecule has 0 radical (unpaired) electrons. The van der Waals surface area contributed by atoms with Crippen LogP contribution in [0.4, 0.5) is 4.79 Å². The number of rotatable bonds is 1. The van der Waals surface area contributed by atoms with Gasteiger partial charge in [0, 0.05) is 12.6 Å². The lowest BCUT2D eigenvalue weighted by molar-refractivity contribution is -0.0405. The Morgan fingerprint density at radius 2 is 2.06 bits per heavy atom. The first-order chi connectivity index (χ1) is 7.92. The summed E-state index contributed by atoms with van der Waals surface area (Å²) in [7, 11) is 0. The fraction of sp³-hybridized carbons (Fsp3) is 0.923. The highest BCUT2D eigenvalue weighted by atomic mass is 16.6. The highest BCUT2D eigenvalue weighted by Gasteiger charge is 2.46. The Balaban J connectivity index is 1.97. The molecule has 0 aromatic carbocycles. The third-order valence-corrected chi connectivity index (χ3v) is 3.97. The van der Waals surface area contributed by atoms with Gasteiger partial charge in [-0.15, -0.1) is 0 Å². The van der Waals surface area contributed by atoms with Crippen molar-refractivity contribution in [2.75, 3.05) is 13.1 Å². The average molecular weight is 240 g/mol. The van der Waals surface area contributed by atoms with E-state index in [1.54, 1.807) is 0 Å². The highest BCUT2D eigenvalue weighted by molar-refractivity contribution is 5.69. The molecule has 0 aromatic rings. The SMILES string of the molecule is CC(C)(C)OC(=O)N1CCC(CN)C2CCC21. The van der Waals surface area contributed by atoms with Crippen LogP contribution in [0.2, 0.25) is 0 Å². The lowest BCUT2D eigenvalue weighted by Gasteiger charge is -2.51. The standard InChI is InChI=1S/C13H24N2O2/c1-13(2,3)17-12(16)15-7-6-9(8-14)10-4-5-11(10)15/h9-11H,4-8,14H2,1-3H3. The molecular formula is C13H24N2O2. The van der Waals surface area contributed by atoms with Crippen molar-refractivity contribution in [3.05, 3.63) is 0 Å². The first-order valence-electron chi connectivity index (χ1n) is 6.62. The Kier molecular flexibility index (Phi) is 3.34. The zero-order chi connectivity index (χ0) is 12.6. The van der Waals surface area contributed by atoms with Crippen LogP contribution in [0.15, 0.2) is 0 Å². The van der Waals surface area contributed by atoms with Crippen LogP contribution in [-0.4, -0.2) is 35.7 Å². The first-order valence-corrected chi connectivity index (χ1v) is 6.62. The number of likely N-dealkylation sites (tertiary alicyclic amines) is 1. The second-order valence-electron chi connectivity index (χ2n) is 6.27. The van der Waals surface area contributed by atoms with Crippen molar-refractivity contribution in [3.63, 3.8) is 0 Å². The van der Waals surface area contributed by atoms with Crippen molar-refractivity contribution < 1.29 is 9.53 Å². The van der Waals surface area contributed by atoms with Gasteiger partial charge in [-0.3, -0.25) is 0 Å². The van der Waals surface area contributed by atoms with E-state index in [0.29, 0.717) is 17.9 Å². The molecule has 0 spiro atoms. The minimum atomic E-state index is -0.402. The molecule has 4 nitrogen and oxygen atoms in total. The Morgan fingerprint density at radius 1 is 1.35 bits per heavy atom. The van der Waals surface area contributed by atoms with Gasteiger partial charge in [-0.05, 0) is 58.4 Å². The van der Waals surface area contributed by atoms with Crippen molar-refractivity contribution in [1.82, 2.24) is 4.90 Å². The second kappa shape index (κ2) is 4.48. The molecule has 0 aromatic heterocycles. The maximum Gasteiger partial charge on any atom is 0.410 e. The molecule has 2 rings (SSSR count). The molecule has 1 heterocycles. The quantitative estimate of drug-likeness (QED) is 0.762. The number of nitrogens with two attached hydrogens (primary N) is 1. The van der Waals surface area contributed by atoms with Gasteiger partial charge in [0.05, 0.1) is 0 Å². The average Bonchev–Trinajstić information content (AvgIpc) is 2.15. The molecule has 0 bridgehead atoms. The smallest absolute Gasteiger partial charge is 0.410 e. The Labute approximate surface area is 103 Å². The van der Waals surface area contributed by atoms with E-state index >= 15 is 0 Å². The molecule has 98 valence electrons. The predicted octanol–water partition coefficient (Wildman–Crippen LogP) is 1.98. The van der Waals surface area contributed by atoms with Crippen molar-refractivity contribution in [2.24, 2.45) is 17.6 Å². The highest BCUT2D eigenvalue weighted by Crippen LogP contribution is 2.42. The lowest BCUT2D eigenvalue weighted by Crippen LogP contribution is -2.58. The van der Waals surface area contributed by atoms with Gasteiger partial charge in [0.2, 0.25) is 0 Å². The summed E-state index contributed by atoms with van der Waals surface area (Å²) < 4.78 is 5.45. The van der Waals surface area contributed by atoms with Crippen LogP contribution >= 0.6 is 0 Å². The maximum atomic E-state index is 12.1. The Hall–Kier alpha value is -0.770. The van der Waals surface area contributed by atoms with E-state index in [4.69, 9.17) is 10.5 Å². The van der Waals surface area contributed by atoms with E-state index in [2.05, 4.69) is 0 Å². The molecule has 2 aliphatic rings. The van der Waals surface area contributed by atoms with Gasteiger partial charge in [-0.1, -0.05) is 0 Å². The van der Waals surface area contributed by atoms with Gasteiger partial charge < -0.3 is 15.4 Å². The topological polar surface area (TPSA) is 55.6 Å². The summed E-state index contributed by atoms with van der Waals surface area (Å²) in [6, 6.07) is 0.382. The fourth-order valence-electron chi connectivity index (χ4n) is 2.97. The fourth-order valence-corrected chi connectivity index (χ4v) is 2.97. The van der Waals surface area contributed by atoms with Crippen LogP contribution in [0, 0.1) is 11.8 Å². The molecule has 1 amide bonds. The normalized spacial score (nSPS) is 32.7. The van der Waals surface area contributed by atoms with Crippen molar-refractivity contribution in [1.29, 1.82) is 0 Å². The molecule has 2 N–H and O–H groups in total. The van der Waals surface area contributed by atoms with Crippen LogP contribution in [0.1, 0.15) is 40.0 Å². The van der Waals surface area contributed by atoms with Crippen LogP contribution in [-0.2, 0) is 4.74 Å². The monoisotopic (exact) mass is 240 g/mol. The van der Waals surface area contributed by atoms with E-state index < -0.39 is 5.60 Å². The number of nitrogens with zero attached hydrogens (tertiary/aromatic N) is 1. The molecule has 1 aliphatic carbocycles. The van der Waals surface area contributed by atoms with Gasteiger partial charge in [0.15, 0.2) is 0 Å². The number of fused-ring (bicyclic) bond motifs is 1. The number of ether oxygens (including phenoxy) is 1. The van der Waals surface area contributed by atoms with Gasteiger partial charge in [-0.25, -0.2) is 4.79 Å². The number of carbonyl (C=O) groups excluding carboxylic acids is 1. The summed E-state index contributed by atoms with van der Waals surface area (Å²) in [5.41, 5.74) is 5.38. The molecular weight excluding hydrogens is 216 g/mol. The Morgan fingerprint density at radius 3 is 2.53 bits per heavy atom. The van der Waals surface area contributed by atoms with Gasteiger partial charge >= 0.3 is 6.09 Å². The molecule has 4 heteroatoms. The summed E-state index contributed by atoms with van der Waals surface area (Å²) in [6.45, 7) is 7.29. The number of hydrogen-bond donors (Lipinski definition) is 1. The van der Waals surface area contributed by atoms with Crippen molar-refractivity contribution in [3.8, 4) is 0 Å². The predicted molar refractivity (Wildman–Crippen MR) is 66.6 cm³/mol. The Bertz CT molecular complexity index is 298. The molecule has 1 aliphatic heterocycles. The maximum absolute atomic E-state index is 12.1. The molecule has 3 atom stereocenters. The third-order valence-electron chi connectivity index (χ3n) is 3.97. The van der Waals surface area contributed by atoms with E-state index in [-0.39, 0.29) is 6.09 Å². The van der Waals surface area contributed by atoms with E-state index in [1.165, 1.54) is 6.42 Å². The van der Waals surface area contributed by atoms with E-state index in [9.17, 15) is 4.79 Å². The molecule has 3 unspecified atom stereocenters. The van der Waals surface area contributed by atoms with Crippen LogP contribution in [0.5, 0.6) is 0 Å². The van der Waals surface area contributed by atoms with Gasteiger partial charge in [0.1, 0.15) is 5.60 Å². The molecule has 1 saturated heterocycles. The van der Waals surface area contributed by atoms with Crippen molar-refractivity contribution >= 4 is 6.09 Å². The van der Waals surface area contributed by atoms with E-state index in [0.717, 1.165) is 25.9 Å². The number of piperidine rings is 1. The third kappa shape index (κ3) is 2.57. The van der Waals surface area contributed by atoms with Crippen LogP contribution < -0.4 is 5.73 Å². The minimum Gasteiger partial charge on any atom is -0.444 e. The number of amides is 1. The molecule has 1 saturated carbocycles. The summed E-state index contributed by atoms with van der Waals surface area (Å²) >= 11 is 0. The summed E-state index contributed by atoms with van der Waals surface area (Å²) in [5.74, 6) is 1.22. The zero-order valence-electron chi connectivity index (χ0n) is 11.1. The van der Waals surface area contributed by atoms with Crippen molar-refractivity contribution in [2.45, 2.75) is 51.7 Å². The molecule has 17 heavy (non-hydrogen) atoms. The summed E-state index contributed by atoms with van der Waals surface area (Å²) in [5, 5.41) is 0. The largest absolute Gasteiger partial charge is 0.444 e. The molecule has 2 fully saturated rings. The van der Waals surface area contributed by atoms with E-state index in [1.807, 2.05) is 25.7 Å². The zero-order valence-corrected chi connectivity index (χ0v) is 11.1. The number of carbonyl (C=O) groups is 1. The lowest BCUT2D eigenvalue weighted by atomic mass is 9.67. The van der Waals surface area contributed by atoms with Gasteiger partial charge in [-0.2, -0.15) is 0 Å². The second-order valence-corrected chi connectivity index (χ2v) is 6.27.